The van der Waals surface area contributed by atoms with Gasteiger partial charge < -0.3 is 34.9 Å². The molecule has 2 rings (SSSR count). The van der Waals surface area contributed by atoms with E-state index in [0.717, 1.165) is 18.6 Å². The first-order valence-corrected chi connectivity index (χ1v) is 18.3. The lowest BCUT2D eigenvalue weighted by Crippen LogP contribution is -2.29. The molecule has 0 amide bonds. The monoisotopic (exact) mass is 627 g/mol. The van der Waals surface area contributed by atoms with Gasteiger partial charge in [0.2, 0.25) is 5.95 Å². The molecule has 0 saturated heterocycles. The molecule has 2 heterocycles. The molecule has 0 aliphatic rings. The molecule has 0 bridgehead atoms. The summed E-state index contributed by atoms with van der Waals surface area (Å²) in [5.41, 5.74) is 6.84. The first-order chi connectivity index (χ1) is 20.9. The van der Waals surface area contributed by atoms with E-state index in [1.807, 2.05) is 0 Å². The van der Waals surface area contributed by atoms with E-state index in [-0.39, 0.29) is 37.4 Å². The van der Waals surface area contributed by atoms with Crippen molar-refractivity contribution in [3.63, 3.8) is 0 Å². The van der Waals surface area contributed by atoms with Crippen LogP contribution in [0.2, 0.25) is 0 Å². The average Bonchev–Trinajstić information content (AvgIpc) is 3.37. The highest BCUT2D eigenvalue weighted by molar-refractivity contribution is 7.53. The molecule has 11 nitrogen and oxygen atoms in total. The second kappa shape index (κ2) is 22.7. The van der Waals surface area contributed by atoms with Crippen LogP contribution in [0.5, 0.6) is 0 Å². The number of nitrogen functional groups attached to an aromatic ring is 1. The van der Waals surface area contributed by atoms with Crippen LogP contribution in [-0.2, 0) is 24.9 Å². The lowest BCUT2D eigenvalue weighted by atomic mass is 10.0. The van der Waals surface area contributed by atoms with Gasteiger partial charge >= 0.3 is 7.60 Å². The van der Waals surface area contributed by atoms with E-state index in [4.69, 9.17) is 19.5 Å². The Balaban J connectivity index is 1.47. The minimum Gasteiger partial charge on any atom is -0.391 e. The quantitative estimate of drug-likeness (QED) is 0.0529. The Labute approximate surface area is 258 Å². The van der Waals surface area contributed by atoms with E-state index in [9.17, 15) is 14.5 Å². The number of nitrogens with zero attached hydrogens (tertiary/aromatic N) is 1. The molecular weight excluding hydrogens is 569 g/mol. The van der Waals surface area contributed by atoms with Crippen molar-refractivity contribution in [3.8, 4) is 0 Å². The fraction of sp³-hybridized carbons (Fsp3) is 0.806. The SMILES string of the molecule is CCCCCCCCCCCCCCCCOCCCOP(=O)(C[C@@H](O)CNCc1c[nH]c2c(=O)[nH]c(N)nc12)OCC. The number of fused-ring (bicyclic) bond motifs is 1. The molecular formula is C31H58N5O6P. The van der Waals surface area contributed by atoms with Crippen molar-refractivity contribution in [2.45, 2.75) is 123 Å². The Morgan fingerprint density at radius 2 is 1.51 bits per heavy atom. The number of aliphatic hydroxyl groups excluding tert-OH is 1. The number of hydrogen-bond donors (Lipinski definition) is 5. The van der Waals surface area contributed by atoms with Gasteiger partial charge in [0.05, 0.1) is 25.5 Å². The summed E-state index contributed by atoms with van der Waals surface area (Å²) in [7, 11) is -3.45. The largest absolute Gasteiger partial charge is 0.391 e. The predicted molar refractivity (Wildman–Crippen MR) is 175 cm³/mol. The van der Waals surface area contributed by atoms with Crippen molar-refractivity contribution in [2.24, 2.45) is 0 Å². The minimum atomic E-state index is -3.45. The zero-order chi connectivity index (χ0) is 31.2. The topological polar surface area (TPSA) is 165 Å². The summed E-state index contributed by atoms with van der Waals surface area (Å²) < 4.78 is 29.8. The lowest BCUT2D eigenvalue weighted by molar-refractivity contribution is 0.109. The molecule has 0 aliphatic carbocycles. The number of aromatic nitrogens is 3. The summed E-state index contributed by atoms with van der Waals surface area (Å²) in [6.45, 7) is 6.26. The van der Waals surface area contributed by atoms with E-state index in [2.05, 4.69) is 27.2 Å². The fourth-order valence-corrected chi connectivity index (χ4v) is 6.85. The number of unbranched alkanes of at least 4 members (excludes halogenated alkanes) is 13. The van der Waals surface area contributed by atoms with Crippen LogP contribution in [0.15, 0.2) is 11.0 Å². The Kier molecular flexibility index (Phi) is 19.8. The third kappa shape index (κ3) is 16.2. The molecule has 0 saturated carbocycles. The summed E-state index contributed by atoms with van der Waals surface area (Å²) >= 11 is 0. The van der Waals surface area contributed by atoms with E-state index in [0.29, 0.717) is 30.6 Å². The van der Waals surface area contributed by atoms with Gasteiger partial charge in [-0.25, -0.2) is 4.98 Å². The highest BCUT2D eigenvalue weighted by atomic mass is 31.2. The summed E-state index contributed by atoms with van der Waals surface area (Å²) in [4.78, 5) is 21.5. The number of hydrogen-bond acceptors (Lipinski definition) is 9. The number of rotatable bonds is 28. The maximum atomic E-state index is 13.1. The summed E-state index contributed by atoms with van der Waals surface area (Å²) in [5.74, 6) is 0.0356. The number of ether oxygens (including phenoxy) is 1. The van der Waals surface area contributed by atoms with Crippen LogP contribution in [0, 0.1) is 0 Å². The van der Waals surface area contributed by atoms with Crippen LogP contribution >= 0.6 is 7.60 Å². The van der Waals surface area contributed by atoms with Gasteiger partial charge in [0.1, 0.15) is 11.0 Å². The number of aromatic amines is 2. The molecule has 43 heavy (non-hydrogen) atoms. The van der Waals surface area contributed by atoms with E-state index in [1.54, 1.807) is 13.1 Å². The molecule has 2 aromatic rings. The second-order valence-electron chi connectivity index (χ2n) is 11.4. The van der Waals surface area contributed by atoms with Crippen LogP contribution < -0.4 is 16.6 Å². The van der Waals surface area contributed by atoms with Crippen LogP contribution in [0.3, 0.4) is 0 Å². The minimum absolute atomic E-state index is 0.0356. The van der Waals surface area contributed by atoms with Crippen LogP contribution in [0.1, 0.15) is 116 Å². The van der Waals surface area contributed by atoms with Crippen molar-refractivity contribution in [1.29, 1.82) is 0 Å². The Bertz CT molecular complexity index is 1090. The fourth-order valence-electron chi connectivity index (χ4n) is 5.12. The van der Waals surface area contributed by atoms with Gasteiger partial charge in [0, 0.05) is 38.1 Å². The molecule has 12 heteroatoms. The van der Waals surface area contributed by atoms with Crippen molar-refractivity contribution >= 4 is 24.6 Å². The Hall–Kier alpha value is -1.75. The maximum Gasteiger partial charge on any atom is 0.333 e. The van der Waals surface area contributed by atoms with Crippen LogP contribution in [0.4, 0.5) is 5.95 Å². The van der Waals surface area contributed by atoms with Gasteiger partial charge in [0.15, 0.2) is 0 Å². The number of H-pyrrole nitrogens is 2. The molecule has 0 fully saturated rings. The van der Waals surface area contributed by atoms with Gasteiger partial charge in [-0.1, -0.05) is 90.4 Å². The Morgan fingerprint density at radius 3 is 2.14 bits per heavy atom. The standard InChI is InChI=1S/C31H58N5O6P/c1-3-5-6-7-8-9-10-11-12-13-14-15-16-17-19-40-20-18-21-42-43(39,41-4-2)25-27(37)24-33-22-26-23-34-29-28(26)35-31(32)36-30(29)38/h23,27,33-34,37H,3-22,24-25H2,1-2H3,(H3,32,35,36,38)/t27-,43?/m0/s1. The van der Waals surface area contributed by atoms with Gasteiger partial charge in [-0.15, -0.1) is 0 Å². The van der Waals surface area contributed by atoms with Gasteiger partial charge in [-0.05, 0) is 19.8 Å². The predicted octanol–water partition coefficient (Wildman–Crippen LogP) is 6.42. The summed E-state index contributed by atoms with van der Waals surface area (Å²) in [6, 6.07) is 0. The number of anilines is 1. The maximum absolute atomic E-state index is 13.1. The van der Waals surface area contributed by atoms with Crippen molar-refractivity contribution in [1.82, 2.24) is 20.3 Å². The first-order valence-electron chi connectivity index (χ1n) is 16.6. The normalized spacial score (nSPS) is 13.9. The van der Waals surface area contributed by atoms with Crippen molar-refractivity contribution in [3.05, 3.63) is 22.1 Å². The van der Waals surface area contributed by atoms with Gasteiger partial charge in [-0.3, -0.25) is 14.3 Å². The van der Waals surface area contributed by atoms with Crippen LogP contribution in [0.25, 0.3) is 11.0 Å². The zero-order valence-corrected chi connectivity index (χ0v) is 27.6. The molecule has 248 valence electrons. The third-order valence-electron chi connectivity index (χ3n) is 7.45. The van der Waals surface area contributed by atoms with Crippen molar-refractivity contribution in [2.75, 3.05) is 44.9 Å². The summed E-state index contributed by atoms with van der Waals surface area (Å²) in [5, 5.41) is 13.6. The second-order valence-corrected chi connectivity index (χ2v) is 13.5. The zero-order valence-electron chi connectivity index (χ0n) is 26.7. The number of nitrogens with one attached hydrogen (secondary N) is 3. The molecule has 2 atom stereocenters. The van der Waals surface area contributed by atoms with Crippen molar-refractivity contribution < 1.29 is 23.5 Å². The summed E-state index contributed by atoms with van der Waals surface area (Å²) in [6.07, 6.45) is 19.9. The first kappa shape index (κ1) is 37.4. The Morgan fingerprint density at radius 1 is 0.907 bits per heavy atom. The number of aliphatic hydroxyl groups is 1. The molecule has 0 radical (unpaired) electrons. The molecule has 0 aromatic carbocycles. The highest BCUT2D eigenvalue weighted by Crippen LogP contribution is 2.48. The number of nitrogens with two attached hydrogens (primary N) is 1. The molecule has 2 aromatic heterocycles. The van der Waals surface area contributed by atoms with Crippen LogP contribution in [-0.4, -0.2) is 65.3 Å². The average molecular weight is 628 g/mol. The molecule has 0 spiro atoms. The van der Waals surface area contributed by atoms with Gasteiger partial charge in [0.25, 0.3) is 5.56 Å². The molecule has 6 N–H and O–H groups in total. The van der Waals surface area contributed by atoms with E-state index >= 15 is 0 Å². The smallest absolute Gasteiger partial charge is 0.333 e. The third-order valence-corrected chi connectivity index (χ3v) is 9.55. The van der Waals surface area contributed by atoms with E-state index in [1.165, 1.54) is 83.5 Å². The van der Waals surface area contributed by atoms with E-state index < -0.39 is 13.7 Å². The molecule has 0 aliphatic heterocycles. The van der Waals surface area contributed by atoms with Gasteiger partial charge in [-0.2, -0.15) is 0 Å². The highest BCUT2D eigenvalue weighted by Gasteiger charge is 2.28. The lowest BCUT2D eigenvalue weighted by Gasteiger charge is -2.21. The molecule has 1 unspecified atom stereocenters.